The highest BCUT2D eigenvalue weighted by molar-refractivity contribution is 9.10. The molecule has 0 aliphatic rings. The van der Waals surface area contributed by atoms with Crippen molar-refractivity contribution >= 4 is 38.6 Å². The van der Waals surface area contributed by atoms with E-state index in [1.54, 1.807) is 22.7 Å². The van der Waals surface area contributed by atoms with Crippen LogP contribution in [0.4, 0.5) is 0 Å². The van der Waals surface area contributed by atoms with Gasteiger partial charge in [0.05, 0.1) is 16.7 Å². The minimum Gasteiger partial charge on any atom is -0.271 e. The summed E-state index contributed by atoms with van der Waals surface area (Å²) in [7, 11) is 0. The minimum absolute atomic E-state index is 0.145. The molecule has 0 aliphatic carbocycles. The molecule has 2 rings (SSSR count). The highest BCUT2D eigenvalue weighted by Crippen LogP contribution is 2.29. The van der Waals surface area contributed by atoms with Gasteiger partial charge in [0.15, 0.2) is 0 Å². The maximum absolute atomic E-state index is 5.66. The number of rotatable bonds is 4. The molecule has 1 atom stereocenters. The zero-order valence-electron chi connectivity index (χ0n) is 9.66. The second kappa shape index (κ2) is 5.58. The summed E-state index contributed by atoms with van der Waals surface area (Å²) >= 11 is 6.92. The summed E-state index contributed by atoms with van der Waals surface area (Å²) in [5, 5.41) is 3.18. The summed E-state index contributed by atoms with van der Waals surface area (Å²) in [5.74, 6) is 5.66. The van der Waals surface area contributed by atoms with E-state index in [0.29, 0.717) is 0 Å². The molecule has 0 fully saturated rings. The van der Waals surface area contributed by atoms with Crippen molar-refractivity contribution in [1.29, 1.82) is 0 Å². The first-order valence-corrected chi connectivity index (χ1v) is 7.72. The average molecular weight is 332 g/mol. The van der Waals surface area contributed by atoms with Crippen molar-refractivity contribution in [2.75, 3.05) is 0 Å². The minimum atomic E-state index is 0.145. The fraction of sp³-hybridized carbons (Fsp3) is 0.364. The molecule has 0 bridgehead atoms. The molecule has 3 nitrogen and oxygen atoms in total. The van der Waals surface area contributed by atoms with Gasteiger partial charge in [-0.05, 0) is 35.8 Å². The molecular weight excluding hydrogens is 318 g/mol. The van der Waals surface area contributed by atoms with Gasteiger partial charge in [-0.3, -0.25) is 11.3 Å². The molecule has 0 amide bonds. The fourth-order valence-corrected chi connectivity index (χ4v) is 4.25. The molecule has 2 aromatic rings. The normalized spacial score (nSPS) is 12.9. The summed E-state index contributed by atoms with van der Waals surface area (Å²) in [5.41, 5.74) is 3.97. The van der Waals surface area contributed by atoms with E-state index in [9.17, 15) is 0 Å². The number of nitrogens with zero attached hydrogens (tertiary/aromatic N) is 1. The van der Waals surface area contributed by atoms with E-state index in [4.69, 9.17) is 5.84 Å². The van der Waals surface area contributed by atoms with Crippen LogP contribution in [0.2, 0.25) is 0 Å². The smallest absolute Gasteiger partial charge is 0.0900 e. The molecule has 0 saturated carbocycles. The van der Waals surface area contributed by atoms with Crippen molar-refractivity contribution in [3.05, 3.63) is 36.4 Å². The van der Waals surface area contributed by atoms with Crippen LogP contribution >= 0.6 is 38.6 Å². The topological polar surface area (TPSA) is 50.9 Å². The van der Waals surface area contributed by atoms with Crippen LogP contribution in [-0.4, -0.2) is 4.98 Å². The lowest BCUT2D eigenvalue weighted by Crippen LogP contribution is -2.29. The van der Waals surface area contributed by atoms with Crippen LogP contribution in [0.5, 0.6) is 0 Å². The number of nitrogens with two attached hydrogens (primary N) is 1. The lowest BCUT2D eigenvalue weighted by atomic mass is 10.1. The molecule has 2 heterocycles. The largest absolute Gasteiger partial charge is 0.271 e. The third kappa shape index (κ3) is 3.14. The molecule has 3 N–H and O–H groups in total. The Balaban J connectivity index is 2.19. The Kier molecular flexibility index (Phi) is 4.32. The zero-order chi connectivity index (χ0) is 12.4. The first-order valence-electron chi connectivity index (χ1n) is 5.23. The highest BCUT2D eigenvalue weighted by atomic mass is 79.9. The number of nitrogens with one attached hydrogen (secondary N) is 1. The summed E-state index contributed by atoms with van der Waals surface area (Å²) in [4.78, 5) is 6.99. The average Bonchev–Trinajstić information content (AvgIpc) is 2.82. The molecule has 6 heteroatoms. The summed E-state index contributed by atoms with van der Waals surface area (Å²) < 4.78 is 1.13. The van der Waals surface area contributed by atoms with Crippen molar-refractivity contribution in [2.45, 2.75) is 26.3 Å². The van der Waals surface area contributed by atoms with Crippen LogP contribution in [0.25, 0.3) is 0 Å². The number of hydrogen-bond donors (Lipinski definition) is 2. The summed E-state index contributed by atoms with van der Waals surface area (Å²) in [6.07, 6.45) is 0.898. The van der Waals surface area contributed by atoms with E-state index < -0.39 is 0 Å². The SMILES string of the molecule is Cc1nc(C)c(C(Cc2cc(Br)cs2)NN)s1. The van der Waals surface area contributed by atoms with Gasteiger partial charge in [0.1, 0.15) is 0 Å². The van der Waals surface area contributed by atoms with Gasteiger partial charge < -0.3 is 0 Å². The van der Waals surface area contributed by atoms with Crippen molar-refractivity contribution in [2.24, 2.45) is 5.84 Å². The van der Waals surface area contributed by atoms with Crippen LogP contribution in [0.3, 0.4) is 0 Å². The first-order chi connectivity index (χ1) is 8.10. The Morgan fingerprint density at radius 2 is 2.29 bits per heavy atom. The Hall–Kier alpha value is -0.270. The molecule has 92 valence electrons. The van der Waals surface area contributed by atoms with Crippen molar-refractivity contribution < 1.29 is 0 Å². The number of hydrazine groups is 1. The van der Waals surface area contributed by atoms with Crippen molar-refractivity contribution in [3.63, 3.8) is 0 Å². The number of hydrogen-bond acceptors (Lipinski definition) is 5. The van der Waals surface area contributed by atoms with Gasteiger partial charge in [-0.15, -0.1) is 22.7 Å². The summed E-state index contributed by atoms with van der Waals surface area (Å²) in [6.45, 7) is 4.06. The van der Waals surface area contributed by atoms with Gasteiger partial charge in [-0.2, -0.15) is 0 Å². The van der Waals surface area contributed by atoms with Gasteiger partial charge in [0.25, 0.3) is 0 Å². The molecule has 0 saturated heterocycles. The maximum atomic E-state index is 5.66. The van der Waals surface area contributed by atoms with Crippen LogP contribution in [0, 0.1) is 13.8 Å². The molecule has 0 radical (unpaired) electrons. The lowest BCUT2D eigenvalue weighted by Gasteiger charge is -2.13. The Labute approximate surface area is 117 Å². The Morgan fingerprint density at radius 1 is 1.53 bits per heavy atom. The van der Waals surface area contributed by atoms with Crippen LogP contribution < -0.4 is 11.3 Å². The standard InChI is InChI=1S/C11H14BrN3S2/c1-6-11(17-7(2)14-6)10(15-13)4-9-3-8(12)5-16-9/h3,5,10,15H,4,13H2,1-2H3. The van der Waals surface area contributed by atoms with Gasteiger partial charge in [0, 0.05) is 26.0 Å². The summed E-state index contributed by atoms with van der Waals surface area (Å²) in [6, 6.07) is 2.28. The molecule has 2 aromatic heterocycles. The monoisotopic (exact) mass is 331 g/mol. The van der Waals surface area contributed by atoms with Gasteiger partial charge >= 0.3 is 0 Å². The number of halogens is 1. The van der Waals surface area contributed by atoms with E-state index in [0.717, 1.165) is 21.6 Å². The fourth-order valence-electron chi connectivity index (χ4n) is 1.76. The molecule has 0 spiro atoms. The second-order valence-electron chi connectivity index (χ2n) is 3.84. The van der Waals surface area contributed by atoms with Crippen LogP contribution in [0.1, 0.15) is 26.5 Å². The van der Waals surface area contributed by atoms with Gasteiger partial charge in [0.2, 0.25) is 0 Å². The Morgan fingerprint density at radius 3 is 2.76 bits per heavy atom. The second-order valence-corrected chi connectivity index (χ2v) is 6.98. The number of thiazole rings is 1. The third-order valence-corrected chi connectivity index (χ3v) is 5.39. The molecule has 0 aliphatic heterocycles. The molecule has 1 unspecified atom stereocenters. The predicted molar refractivity (Wildman–Crippen MR) is 77.4 cm³/mol. The van der Waals surface area contributed by atoms with Crippen molar-refractivity contribution in [1.82, 2.24) is 10.4 Å². The Bertz CT molecular complexity index is 507. The van der Waals surface area contributed by atoms with Gasteiger partial charge in [-0.1, -0.05) is 0 Å². The quantitative estimate of drug-likeness (QED) is 0.667. The van der Waals surface area contributed by atoms with E-state index >= 15 is 0 Å². The number of aromatic nitrogens is 1. The zero-order valence-corrected chi connectivity index (χ0v) is 12.9. The maximum Gasteiger partial charge on any atom is 0.0900 e. The first kappa shape index (κ1) is 13.2. The number of thiophene rings is 1. The highest BCUT2D eigenvalue weighted by Gasteiger charge is 2.17. The predicted octanol–water partition coefficient (Wildman–Crippen LogP) is 3.33. The van der Waals surface area contributed by atoms with E-state index in [-0.39, 0.29) is 6.04 Å². The van der Waals surface area contributed by atoms with Crippen LogP contribution in [-0.2, 0) is 6.42 Å². The molecule has 17 heavy (non-hydrogen) atoms. The van der Waals surface area contributed by atoms with Crippen molar-refractivity contribution in [3.8, 4) is 0 Å². The number of aryl methyl sites for hydroxylation is 2. The third-order valence-electron chi connectivity index (χ3n) is 2.48. The van der Waals surface area contributed by atoms with E-state index in [1.165, 1.54) is 9.75 Å². The van der Waals surface area contributed by atoms with E-state index in [2.05, 4.69) is 37.8 Å². The van der Waals surface area contributed by atoms with Gasteiger partial charge in [-0.25, -0.2) is 4.98 Å². The van der Waals surface area contributed by atoms with E-state index in [1.807, 2.05) is 13.8 Å². The lowest BCUT2D eigenvalue weighted by molar-refractivity contribution is 0.561. The van der Waals surface area contributed by atoms with Crippen LogP contribution in [0.15, 0.2) is 15.9 Å². The molecular formula is C11H14BrN3S2. The molecule has 0 aromatic carbocycles.